The number of hydrogen-bond donors (Lipinski definition) is 1. The van der Waals surface area contributed by atoms with Crippen molar-refractivity contribution >= 4 is 23.2 Å². The third kappa shape index (κ3) is 3.49. The van der Waals surface area contributed by atoms with E-state index in [2.05, 4.69) is 14.9 Å². The van der Waals surface area contributed by atoms with Gasteiger partial charge in [-0.05, 0) is 43.7 Å². The Morgan fingerprint density at radius 3 is 2.54 bits per heavy atom. The van der Waals surface area contributed by atoms with Crippen LogP contribution >= 0.6 is 11.6 Å². The minimum absolute atomic E-state index is 0.152. The summed E-state index contributed by atoms with van der Waals surface area (Å²) in [5.41, 5.74) is 3.36. The average Bonchev–Trinajstić information content (AvgIpc) is 2.90. The molecular formula is C19H18ClN3O. The van der Waals surface area contributed by atoms with Crippen molar-refractivity contribution in [2.24, 2.45) is 0 Å². The van der Waals surface area contributed by atoms with Gasteiger partial charge >= 0.3 is 0 Å². The van der Waals surface area contributed by atoms with Gasteiger partial charge in [0.15, 0.2) is 0 Å². The van der Waals surface area contributed by atoms with Crippen LogP contribution in [0.4, 0.5) is 5.69 Å². The second kappa shape index (κ2) is 6.89. The second-order valence-corrected chi connectivity index (χ2v) is 6.07. The molecule has 1 amide bonds. The fourth-order valence-corrected chi connectivity index (χ4v) is 2.78. The van der Waals surface area contributed by atoms with Crippen molar-refractivity contribution in [3.8, 4) is 0 Å². The maximum absolute atomic E-state index is 12.2. The van der Waals surface area contributed by atoms with Gasteiger partial charge < -0.3 is 9.88 Å². The largest absolute Gasteiger partial charge is 0.328 e. The SMILES string of the molecule is Cc1cnc(C)n1Cc1ccc(NC(=O)c2ccccc2)cc1Cl. The summed E-state index contributed by atoms with van der Waals surface area (Å²) >= 11 is 6.40. The number of imidazole rings is 1. The molecule has 0 aliphatic rings. The Morgan fingerprint density at radius 1 is 1.17 bits per heavy atom. The molecule has 24 heavy (non-hydrogen) atoms. The number of benzene rings is 2. The number of halogens is 1. The summed E-state index contributed by atoms with van der Waals surface area (Å²) in [5.74, 6) is 0.797. The predicted molar refractivity (Wildman–Crippen MR) is 96.7 cm³/mol. The molecule has 1 N–H and O–H groups in total. The zero-order valence-corrected chi connectivity index (χ0v) is 14.3. The Hall–Kier alpha value is -2.59. The number of nitrogens with zero attached hydrogens (tertiary/aromatic N) is 2. The van der Waals surface area contributed by atoms with Crippen molar-refractivity contribution in [1.29, 1.82) is 0 Å². The molecule has 0 atom stereocenters. The molecule has 0 fully saturated rings. The lowest BCUT2D eigenvalue weighted by atomic mass is 10.1. The van der Waals surface area contributed by atoms with Crippen LogP contribution in [0.2, 0.25) is 5.02 Å². The molecule has 0 unspecified atom stereocenters. The maximum atomic E-state index is 12.2. The van der Waals surface area contributed by atoms with Crippen molar-refractivity contribution in [1.82, 2.24) is 9.55 Å². The van der Waals surface area contributed by atoms with Gasteiger partial charge in [0.25, 0.3) is 5.91 Å². The maximum Gasteiger partial charge on any atom is 0.255 e. The van der Waals surface area contributed by atoms with Gasteiger partial charge in [-0.25, -0.2) is 4.98 Å². The lowest BCUT2D eigenvalue weighted by Crippen LogP contribution is -2.12. The van der Waals surface area contributed by atoms with Gasteiger partial charge in [-0.15, -0.1) is 0 Å². The first-order chi connectivity index (χ1) is 11.5. The Kier molecular flexibility index (Phi) is 4.67. The summed E-state index contributed by atoms with van der Waals surface area (Å²) < 4.78 is 2.10. The number of hydrogen-bond acceptors (Lipinski definition) is 2. The van der Waals surface area contributed by atoms with Gasteiger partial charge in [0, 0.05) is 28.2 Å². The van der Waals surface area contributed by atoms with E-state index in [9.17, 15) is 4.79 Å². The molecule has 4 nitrogen and oxygen atoms in total. The van der Waals surface area contributed by atoms with E-state index in [1.807, 2.05) is 50.4 Å². The molecule has 0 aliphatic heterocycles. The molecule has 1 heterocycles. The van der Waals surface area contributed by atoms with Crippen molar-refractivity contribution in [3.63, 3.8) is 0 Å². The van der Waals surface area contributed by atoms with Gasteiger partial charge in [0.1, 0.15) is 5.82 Å². The number of aryl methyl sites for hydroxylation is 2. The summed E-state index contributed by atoms with van der Waals surface area (Å²) in [4.78, 5) is 16.5. The molecule has 0 spiro atoms. The fraction of sp³-hybridized carbons (Fsp3) is 0.158. The lowest BCUT2D eigenvalue weighted by Gasteiger charge is -2.12. The van der Waals surface area contributed by atoms with Crippen molar-refractivity contribution in [2.45, 2.75) is 20.4 Å². The van der Waals surface area contributed by atoms with Crippen LogP contribution in [-0.2, 0) is 6.54 Å². The molecule has 3 rings (SSSR count). The second-order valence-electron chi connectivity index (χ2n) is 5.66. The van der Waals surface area contributed by atoms with E-state index in [1.54, 1.807) is 18.2 Å². The van der Waals surface area contributed by atoms with Crippen molar-refractivity contribution in [3.05, 3.63) is 82.4 Å². The van der Waals surface area contributed by atoms with Gasteiger partial charge in [-0.1, -0.05) is 35.9 Å². The summed E-state index contributed by atoms with van der Waals surface area (Å²) in [7, 11) is 0. The molecule has 0 radical (unpaired) electrons. The standard InChI is InChI=1S/C19H18ClN3O/c1-13-11-21-14(2)23(13)12-16-8-9-17(10-18(16)20)22-19(24)15-6-4-3-5-7-15/h3-11H,12H2,1-2H3,(H,22,24). The number of aromatic nitrogens is 2. The van der Waals surface area contributed by atoms with E-state index >= 15 is 0 Å². The summed E-state index contributed by atoms with van der Waals surface area (Å²) in [6.07, 6.45) is 1.84. The normalized spacial score (nSPS) is 10.6. The predicted octanol–water partition coefficient (Wildman–Crippen LogP) is 4.45. The van der Waals surface area contributed by atoms with Gasteiger partial charge in [-0.2, -0.15) is 0 Å². The molecule has 0 bridgehead atoms. The van der Waals surface area contributed by atoms with E-state index in [0.29, 0.717) is 22.8 Å². The number of rotatable bonds is 4. The van der Waals surface area contributed by atoms with Crippen LogP contribution in [-0.4, -0.2) is 15.5 Å². The first-order valence-electron chi connectivity index (χ1n) is 7.68. The Morgan fingerprint density at radius 2 is 1.92 bits per heavy atom. The highest BCUT2D eigenvalue weighted by atomic mass is 35.5. The highest BCUT2D eigenvalue weighted by Gasteiger charge is 2.09. The third-order valence-corrected chi connectivity index (χ3v) is 4.28. The highest BCUT2D eigenvalue weighted by molar-refractivity contribution is 6.31. The molecule has 0 saturated heterocycles. The molecule has 0 saturated carbocycles. The molecular weight excluding hydrogens is 322 g/mol. The average molecular weight is 340 g/mol. The molecule has 2 aromatic carbocycles. The first-order valence-corrected chi connectivity index (χ1v) is 8.06. The number of carbonyl (C=O) groups excluding carboxylic acids is 1. The van der Waals surface area contributed by atoms with Crippen molar-refractivity contribution in [2.75, 3.05) is 5.32 Å². The highest BCUT2D eigenvalue weighted by Crippen LogP contribution is 2.23. The van der Waals surface area contributed by atoms with Crippen LogP contribution in [0.25, 0.3) is 0 Å². The third-order valence-electron chi connectivity index (χ3n) is 3.93. The topological polar surface area (TPSA) is 46.9 Å². The summed E-state index contributed by atoms with van der Waals surface area (Å²) in [5, 5.41) is 3.48. The molecule has 122 valence electrons. The monoisotopic (exact) mass is 339 g/mol. The van der Waals surface area contributed by atoms with E-state index in [4.69, 9.17) is 11.6 Å². The minimum atomic E-state index is -0.152. The zero-order chi connectivity index (χ0) is 17.1. The Balaban J connectivity index is 1.76. The first kappa shape index (κ1) is 16.3. The van der Waals surface area contributed by atoms with Crippen LogP contribution in [0.1, 0.15) is 27.4 Å². The lowest BCUT2D eigenvalue weighted by molar-refractivity contribution is 0.102. The number of carbonyl (C=O) groups is 1. The van der Waals surface area contributed by atoms with Crippen LogP contribution in [0, 0.1) is 13.8 Å². The molecule has 3 aromatic rings. The number of anilines is 1. The Labute approximate surface area is 146 Å². The smallest absolute Gasteiger partial charge is 0.255 e. The van der Waals surface area contributed by atoms with Crippen LogP contribution in [0.3, 0.4) is 0 Å². The van der Waals surface area contributed by atoms with Crippen LogP contribution in [0.5, 0.6) is 0 Å². The van der Waals surface area contributed by atoms with E-state index in [-0.39, 0.29) is 5.91 Å². The Bertz CT molecular complexity index is 852. The van der Waals surface area contributed by atoms with Gasteiger partial charge in [0.2, 0.25) is 0 Å². The molecule has 1 aromatic heterocycles. The van der Waals surface area contributed by atoms with Gasteiger partial charge in [-0.3, -0.25) is 4.79 Å². The number of amides is 1. The van der Waals surface area contributed by atoms with Crippen LogP contribution < -0.4 is 5.32 Å². The number of nitrogens with one attached hydrogen (secondary N) is 1. The van der Waals surface area contributed by atoms with Crippen LogP contribution in [0.15, 0.2) is 54.7 Å². The minimum Gasteiger partial charge on any atom is -0.328 e. The molecule has 0 aliphatic carbocycles. The van der Waals surface area contributed by atoms with Crippen molar-refractivity contribution < 1.29 is 4.79 Å². The summed E-state index contributed by atoms with van der Waals surface area (Å²) in [6, 6.07) is 14.7. The van der Waals surface area contributed by atoms with E-state index in [1.165, 1.54) is 0 Å². The fourth-order valence-electron chi connectivity index (χ4n) is 2.54. The van der Waals surface area contributed by atoms with E-state index < -0.39 is 0 Å². The van der Waals surface area contributed by atoms with Gasteiger partial charge in [0.05, 0.1) is 6.54 Å². The molecule has 5 heteroatoms. The summed E-state index contributed by atoms with van der Waals surface area (Å²) in [6.45, 7) is 4.64. The quantitative estimate of drug-likeness (QED) is 0.763. The zero-order valence-electron chi connectivity index (χ0n) is 13.6. The van der Waals surface area contributed by atoms with E-state index in [0.717, 1.165) is 17.1 Å².